The quantitative estimate of drug-likeness (QED) is 0.694. The molecule has 1 aromatic heterocycles. The number of benzene rings is 1. The fourth-order valence-electron chi connectivity index (χ4n) is 3.36. The van der Waals surface area contributed by atoms with E-state index in [0.717, 1.165) is 12.0 Å². The summed E-state index contributed by atoms with van der Waals surface area (Å²) in [5, 5.41) is 14.6. The van der Waals surface area contributed by atoms with Gasteiger partial charge in [0, 0.05) is 42.0 Å². The molecule has 22 heavy (non-hydrogen) atoms. The summed E-state index contributed by atoms with van der Waals surface area (Å²) >= 11 is 0. The summed E-state index contributed by atoms with van der Waals surface area (Å²) in [6, 6.07) is 11.1. The first-order valence-electron chi connectivity index (χ1n) is 7.39. The highest BCUT2D eigenvalue weighted by atomic mass is 16.6. The lowest BCUT2D eigenvalue weighted by atomic mass is 9.83. The number of aromatic nitrogens is 1. The monoisotopic (exact) mass is 297 g/mol. The Labute approximate surface area is 129 Å². The molecule has 0 saturated carbocycles. The van der Waals surface area contributed by atoms with Gasteiger partial charge in [-0.05, 0) is 43.5 Å². The summed E-state index contributed by atoms with van der Waals surface area (Å²) in [5.74, 6) is 0.347. The van der Waals surface area contributed by atoms with Crippen molar-refractivity contribution in [1.82, 2.24) is 10.3 Å². The molecule has 1 aliphatic heterocycles. The summed E-state index contributed by atoms with van der Waals surface area (Å²) in [4.78, 5) is 14.7. The SMILES string of the molecule is CC1(C)N[C@H](c2cccc([N+](=O)[O-])c2)C[C@@H]1c1ccncc1. The number of hydrogen-bond donors (Lipinski definition) is 1. The predicted molar refractivity (Wildman–Crippen MR) is 84.6 cm³/mol. The first-order valence-corrected chi connectivity index (χ1v) is 7.39. The number of nitro benzene ring substituents is 1. The minimum absolute atomic E-state index is 0.0728. The van der Waals surface area contributed by atoms with E-state index >= 15 is 0 Å². The van der Waals surface area contributed by atoms with E-state index in [4.69, 9.17) is 0 Å². The number of rotatable bonds is 3. The molecular weight excluding hydrogens is 278 g/mol. The minimum atomic E-state index is -0.343. The first kappa shape index (κ1) is 14.7. The summed E-state index contributed by atoms with van der Waals surface area (Å²) in [5.41, 5.74) is 2.29. The molecule has 0 aliphatic carbocycles. The van der Waals surface area contributed by atoms with Crippen molar-refractivity contribution in [2.45, 2.75) is 37.8 Å². The van der Waals surface area contributed by atoms with Crippen LogP contribution in [0.4, 0.5) is 5.69 Å². The van der Waals surface area contributed by atoms with Crippen LogP contribution in [-0.2, 0) is 0 Å². The number of nitrogens with one attached hydrogen (secondary N) is 1. The molecule has 1 saturated heterocycles. The molecule has 0 radical (unpaired) electrons. The zero-order valence-electron chi connectivity index (χ0n) is 12.7. The van der Waals surface area contributed by atoms with Gasteiger partial charge in [0.05, 0.1) is 4.92 Å². The van der Waals surface area contributed by atoms with Gasteiger partial charge in [-0.3, -0.25) is 15.1 Å². The van der Waals surface area contributed by atoms with Crippen LogP contribution < -0.4 is 5.32 Å². The topological polar surface area (TPSA) is 68.1 Å². The van der Waals surface area contributed by atoms with Gasteiger partial charge in [-0.1, -0.05) is 12.1 Å². The molecule has 0 bridgehead atoms. The van der Waals surface area contributed by atoms with Crippen LogP contribution in [0.15, 0.2) is 48.8 Å². The van der Waals surface area contributed by atoms with Gasteiger partial charge in [0.1, 0.15) is 0 Å². The molecule has 1 N–H and O–H groups in total. The zero-order valence-corrected chi connectivity index (χ0v) is 12.7. The van der Waals surface area contributed by atoms with Crippen molar-refractivity contribution < 1.29 is 4.92 Å². The van der Waals surface area contributed by atoms with E-state index in [-0.39, 0.29) is 22.2 Å². The van der Waals surface area contributed by atoms with Gasteiger partial charge >= 0.3 is 0 Å². The largest absolute Gasteiger partial charge is 0.304 e. The van der Waals surface area contributed by atoms with Gasteiger partial charge in [-0.2, -0.15) is 0 Å². The Morgan fingerprint density at radius 1 is 1.23 bits per heavy atom. The van der Waals surface area contributed by atoms with E-state index in [1.165, 1.54) is 11.6 Å². The average molecular weight is 297 g/mol. The van der Waals surface area contributed by atoms with Gasteiger partial charge in [-0.15, -0.1) is 0 Å². The second-order valence-corrected chi connectivity index (χ2v) is 6.34. The number of hydrogen-bond acceptors (Lipinski definition) is 4. The average Bonchev–Trinajstić information content (AvgIpc) is 2.84. The Bertz CT molecular complexity index is 685. The Morgan fingerprint density at radius 2 is 1.95 bits per heavy atom. The zero-order chi connectivity index (χ0) is 15.7. The Morgan fingerprint density at radius 3 is 2.64 bits per heavy atom. The number of nitrogens with zero attached hydrogens (tertiary/aromatic N) is 2. The normalized spacial score (nSPS) is 23.4. The van der Waals surface area contributed by atoms with Crippen LogP contribution in [0.5, 0.6) is 0 Å². The second-order valence-electron chi connectivity index (χ2n) is 6.34. The highest BCUT2D eigenvalue weighted by molar-refractivity contribution is 5.37. The van der Waals surface area contributed by atoms with Gasteiger partial charge in [-0.25, -0.2) is 0 Å². The standard InChI is InChI=1S/C17H19N3O2/c1-17(2)15(12-6-8-18-9-7-12)11-16(19-17)13-4-3-5-14(10-13)20(21)22/h3-10,15-16,19H,11H2,1-2H3/t15-,16+/m1/s1. The first-order chi connectivity index (χ1) is 10.5. The van der Waals surface area contributed by atoms with E-state index in [1.807, 2.05) is 30.6 Å². The summed E-state index contributed by atoms with van der Waals surface area (Å²) in [7, 11) is 0. The second kappa shape index (κ2) is 5.50. The van der Waals surface area contributed by atoms with E-state index in [9.17, 15) is 10.1 Å². The molecule has 5 heteroatoms. The molecule has 1 aromatic carbocycles. The van der Waals surface area contributed by atoms with Crippen LogP contribution in [0.2, 0.25) is 0 Å². The molecule has 0 spiro atoms. The highest BCUT2D eigenvalue weighted by Gasteiger charge is 2.41. The van der Waals surface area contributed by atoms with Crippen LogP contribution >= 0.6 is 0 Å². The van der Waals surface area contributed by atoms with E-state index in [1.54, 1.807) is 12.1 Å². The fraction of sp³-hybridized carbons (Fsp3) is 0.353. The molecular formula is C17H19N3O2. The van der Waals surface area contributed by atoms with Crippen LogP contribution in [0, 0.1) is 10.1 Å². The van der Waals surface area contributed by atoms with Crippen molar-refractivity contribution in [3.8, 4) is 0 Å². The Balaban J connectivity index is 1.89. The number of non-ortho nitro benzene ring substituents is 1. The molecule has 114 valence electrons. The van der Waals surface area contributed by atoms with Crippen molar-refractivity contribution in [1.29, 1.82) is 0 Å². The molecule has 3 rings (SSSR count). The third-order valence-electron chi connectivity index (χ3n) is 4.48. The van der Waals surface area contributed by atoms with Crippen LogP contribution in [0.3, 0.4) is 0 Å². The van der Waals surface area contributed by atoms with E-state index in [2.05, 4.69) is 24.1 Å². The molecule has 2 heterocycles. The number of pyridine rings is 1. The molecule has 2 atom stereocenters. The smallest absolute Gasteiger partial charge is 0.269 e. The van der Waals surface area contributed by atoms with Gasteiger partial charge < -0.3 is 5.32 Å². The third-order valence-corrected chi connectivity index (χ3v) is 4.48. The minimum Gasteiger partial charge on any atom is -0.304 e. The molecule has 0 unspecified atom stereocenters. The molecule has 1 fully saturated rings. The van der Waals surface area contributed by atoms with Crippen LogP contribution in [0.1, 0.15) is 43.4 Å². The molecule has 2 aromatic rings. The maximum atomic E-state index is 11.0. The highest BCUT2D eigenvalue weighted by Crippen LogP contribution is 2.43. The summed E-state index contributed by atoms with van der Waals surface area (Å²) in [6.45, 7) is 4.35. The molecule has 0 amide bonds. The third kappa shape index (κ3) is 2.72. The van der Waals surface area contributed by atoms with Crippen molar-refractivity contribution in [3.63, 3.8) is 0 Å². The lowest BCUT2D eigenvalue weighted by Gasteiger charge is -2.27. The summed E-state index contributed by atoms with van der Waals surface area (Å²) in [6.07, 6.45) is 4.54. The fourth-order valence-corrected chi connectivity index (χ4v) is 3.36. The van der Waals surface area contributed by atoms with E-state index < -0.39 is 0 Å². The van der Waals surface area contributed by atoms with Crippen molar-refractivity contribution in [2.24, 2.45) is 0 Å². The molecule has 5 nitrogen and oxygen atoms in total. The Kier molecular flexibility index (Phi) is 3.66. The van der Waals surface area contributed by atoms with Crippen molar-refractivity contribution >= 4 is 5.69 Å². The van der Waals surface area contributed by atoms with Crippen molar-refractivity contribution in [3.05, 3.63) is 70.0 Å². The van der Waals surface area contributed by atoms with Gasteiger partial charge in [0.25, 0.3) is 5.69 Å². The predicted octanol–water partition coefficient (Wildman–Crippen LogP) is 3.59. The van der Waals surface area contributed by atoms with Gasteiger partial charge in [0.2, 0.25) is 0 Å². The van der Waals surface area contributed by atoms with Gasteiger partial charge in [0.15, 0.2) is 0 Å². The number of nitro groups is 1. The maximum absolute atomic E-state index is 11.0. The van der Waals surface area contributed by atoms with Crippen molar-refractivity contribution in [2.75, 3.05) is 0 Å². The van der Waals surface area contributed by atoms with Crippen LogP contribution in [-0.4, -0.2) is 15.4 Å². The lowest BCUT2D eigenvalue weighted by Crippen LogP contribution is -2.37. The van der Waals surface area contributed by atoms with E-state index in [0.29, 0.717) is 5.92 Å². The molecule has 1 aliphatic rings. The summed E-state index contributed by atoms with van der Waals surface area (Å²) < 4.78 is 0. The Hall–Kier alpha value is -2.27. The maximum Gasteiger partial charge on any atom is 0.269 e. The lowest BCUT2D eigenvalue weighted by molar-refractivity contribution is -0.384. The van der Waals surface area contributed by atoms with Crippen LogP contribution in [0.25, 0.3) is 0 Å².